The Morgan fingerprint density at radius 3 is 1.84 bits per heavy atom. The van der Waals surface area contributed by atoms with Crippen molar-refractivity contribution in [2.75, 3.05) is 4.90 Å². The van der Waals surface area contributed by atoms with Crippen LogP contribution < -0.4 is 9.55 Å². The summed E-state index contributed by atoms with van der Waals surface area (Å²) in [5, 5.41) is 8.80. The van der Waals surface area contributed by atoms with E-state index in [1.165, 1.54) is 22.5 Å². The van der Waals surface area contributed by atoms with Gasteiger partial charge >= 0.3 is 7.69 Å². The number of fused-ring (bicyclic) bond motifs is 2. The van der Waals surface area contributed by atoms with Gasteiger partial charge in [0.15, 0.2) is 0 Å². The Morgan fingerprint density at radius 1 is 0.800 bits per heavy atom. The van der Waals surface area contributed by atoms with Crippen molar-refractivity contribution in [3.63, 3.8) is 0 Å². The van der Waals surface area contributed by atoms with Crippen LogP contribution in [-0.4, -0.2) is 12.7 Å². The number of benzene rings is 3. The summed E-state index contributed by atoms with van der Waals surface area (Å²) < 4.78 is 5.03. The molecule has 123 valence electrons. The molecule has 0 spiro atoms. The van der Waals surface area contributed by atoms with Gasteiger partial charge < -0.3 is 14.6 Å². The number of anilines is 3. The first-order valence-electron chi connectivity index (χ1n) is 8.34. The molecule has 3 aromatic carbocycles. The Kier molecular flexibility index (Phi) is 3.77. The van der Waals surface area contributed by atoms with E-state index in [1.54, 1.807) is 0 Å². The van der Waals surface area contributed by atoms with Gasteiger partial charge in [0.1, 0.15) is 5.75 Å². The molecule has 0 aliphatic carbocycles. The number of hydrogen-bond donors (Lipinski definition) is 1. The Labute approximate surface area is 148 Å². The van der Waals surface area contributed by atoms with Crippen LogP contribution in [0.3, 0.4) is 0 Å². The SMILES string of the molecule is CC1(C)c2ccccc2N(c2ccc(O[B]O)cc2)c2ccccc21. The summed E-state index contributed by atoms with van der Waals surface area (Å²) in [4.78, 5) is 2.28. The highest BCUT2D eigenvalue weighted by Crippen LogP contribution is 2.51. The standard InChI is InChI=1S/C21H19BNO2/c1-21(2)17-7-3-5-9-19(17)23(20-10-6-4-8-18(20)21)15-11-13-16(14-12-15)25-22-24/h3-14,24H,1-2H3. The van der Waals surface area contributed by atoms with Crippen molar-refractivity contribution in [3.05, 3.63) is 83.9 Å². The average molecular weight is 328 g/mol. The molecule has 0 saturated heterocycles. The highest BCUT2D eigenvalue weighted by Gasteiger charge is 2.36. The van der Waals surface area contributed by atoms with Gasteiger partial charge in [0.05, 0.1) is 11.4 Å². The fraction of sp³-hybridized carbons (Fsp3) is 0.143. The third-order valence-electron chi connectivity index (χ3n) is 4.92. The fourth-order valence-electron chi connectivity index (χ4n) is 3.68. The first-order valence-corrected chi connectivity index (χ1v) is 8.34. The third-order valence-corrected chi connectivity index (χ3v) is 4.92. The molecule has 1 aliphatic rings. The van der Waals surface area contributed by atoms with E-state index in [4.69, 9.17) is 9.68 Å². The second-order valence-corrected chi connectivity index (χ2v) is 6.71. The summed E-state index contributed by atoms with van der Waals surface area (Å²) in [5.41, 5.74) is 5.98. The summed E-state index contributed by atoms with van der Waals surface area (Å²) >= 11 is 0. The van der Waals surface area contributed by atoms with Crippen LogP contribution in [0.25, 0.3) is 0 Å². The molecule has 4 rings (SSSR count). The van der Waals surface area contributed by atoms with Gasteiger partial charge in [0.25, 0.3) is 0 Å². The van der Waals surface area contributed by atoms with Crippen LogP contribution in [-0.2, 0) is 5.41 Å². The minimum Gasteiger partial charge on any atom is -0.537 e. The van der Waals surface area contributed by atoms with E-state index in [0.29, 0.717) is 13.4 Å². The Balaban J connectivity index is 1.91. The zero-order valence-corrected chi connectivity index (χ0v) is 14.3. The summed E-state index contributed by atoms with van der Waals surface area (Å²) in [5.74, 6) is 0.602. The lowest BCUT2D eigenvalue weighted by Crippen LogP contribution is -2.30. The molecule has 0 aromatic heterocycles. The third kappa shape index (κ3) is 2.50. The van der Waals surface area contributed by atoms with Crippen molar-refractivity contribution in [2.45, 2.75) is 19.3 Å². The second kappa shape index (κ2) is 5.98. The van der Waals surface area contributed by atoms with Crippen molar-refractivity contribution < 1.29 is 9.68 Å². The van der Waals surface area contributed by atoms with Gasteiger partial charge in [-0.1, -0.05) is 50.2 Å². The Bertz CT molecular complexity index is 856. The van der Waals surface area contributed by atoms with Gasteiger partial charge in [-0.25, -0.2) is 0 Å². The van der Waals surface area contributed by atoms with Crippen LogP contribution >= 0.6 is 0 Å². The molecule has 0 fully saturated rings. The van der Waals surface area contributed by atoms with E-state index < -0.39 is 0 Å². The van der Waals surface area contributed by atoms with E-state index in [1.807, 2.05) is 24.3 Å². The molecule has 0 bridgehead atoms. The first kappa shape index (κ1) is 15.8. The van der Waals surface area contributed by atoms with Crippen LogP contribution in [0.1, 0.15) is 25.0 Å². The number of para-hydroxylation sites is 2. The summed E-state index contributed by atoms with van der Waals surface area (Å²) in [6, 6.07) is 24.8. The topological polar surface area (TPSA) is 32.7 Å². The van der Waals surface area contributed by atoms with Gasteiger partial charge in [0, 0.05) is 11.1 Å². The van der Waals surface area contributed by atoms with Gasteiger partial charge in [-0.3, -0.25) is 0 Å². The number of hydrogen-bond acceptors (Lipinski definition) is 3. The van der Waals surface area contributed by atoms with Crippen molar-refractivity contribution in [2.24, 2.45) is 0 Å². The molecule has 1 heterocycles. The first-order chi connectivity index (χ1) is 12.1. The molecule has 1 radical (unpaired) electrons. The Hall–Kier alpha value is -2.72. The molecule has 0 amide bonds. The van der Waals surface area contributed by atoms with E-state index >= 15 is 0 Å². The lowest BCUT2D eigenvalue weighted by molar-refractivity contribution is 0.454. The molecular weight excluding hydrogens is 309 g/mol. The largest absolute Gasteiger partial charge is 0.569 e. The molecule has 25 heavy (non-hydrogen) atoms. The van der Waals surface area contributed by atoms with Crippen molar-refractivity contribution in [1.29, 1.82) is 0 Å². The van der Waals surface area contributed by atoms with Crippen LogP contribution in [0.15, 0.2) is 72.8 Å². The zero-order chi connectivity index (χ0) is 17.4. The predicted octanol–water partition coefficient (Wildman–Crippen LogP) is 4.70. The van der Waals surface area contributed by atoms with E-state index in [-0.39, 0.29) is 5.41 Å². The normalized spacial score (nSPS) is 14.4. The minimum absolute atomic E-state index is 0.0570. The molecule has 4 heteroatoms. The smallest absolute Gasteiger partial charge is 0.537 e. The fourth-order valence-corrected chi connectivity index (χ4v) is 3.68. The van der Waals surface area contributed by atoms with E-state index in [2.05, 4.69) is 67.3 Å². The molecule has 0 saturated carbocycles. The number of nitrogens with zero attached hydrogens (tertiary/aromatic N) is 1. The van der Waals surface area contributed by atoms with Gasteiger partial charge in [0.2, 0.25) is 0 Å². The maximum atomic E-state index is 8.80. The Morgan fingerprint density at radius 2 is 1.32 bits per heavy atom. The molecule has 1 aliphatic heterocycles. The van der Waals surface area contributed by atoms with E-state index in [9.17, 15) is 0 Å². The quantitative estimate of drug-likeness (QED) is 0.707. The van der Waals surface area contributed by atoms with Crippen molar-refractivity contribution >= 4 is 24.7 Å². The average Bonchev–Trinajstić information content (AvgIpc) is 2.64. The second-order valence-electron chi connectivity index (χ2n) is 6.71. The van der Waals surface area contributed by atoms with Crippen LogP contribution in [0.5, 0.6) is 5.75 Å². The molecule has 0 unspecified atom stereocenters. The summed E-state index contributed by atoms with van der Waals surface area (Å²) in [7, 11) is 0.697. The van der Waals surface area contributed by atoms with Gasteiger partial charge in [-0.15, -0.1) is 0 Å². The molecular formula is C21H19BNO2. The lowest BCUT2D eigenvalue weighted by Gasteiger charge is -2.42. The molecule has 0 atom stereocenters. The van der Waals surface area contributed by atoms with Crippen LogP contribution in [0.2, 0.25) is 0 Å². The van der Waals surface area contributed by atoms with E-state index in [0.717, 1.165) is 5.69 Å². The molecule has 1 N–H and O–H groups in total. The summed E-state index contributed by atoms with van der Waals surface area (Å²) in [6.45, 7) is 4.55. The van der Waals surface area contributed by atoms with Gasteiger partial charge in [-0.05, 0) is 47.5 Å². The van der Waals surface area contributed by atoms with Crippen LogP contribution in [0, 0.1) is 0 Å². The monoisotopic (exact) mass is 328 g/mol. The highest BCUT2D eigenvalue weighted by molar-refractivity contribution is 6.17. The van der Waals surface area contributed by atoms with Crippen molar-refractivity contribution in [1.82, 2.24) is 0 Å². The van der Waals surface area contributed by atoms with Crippen molar-refractivity contribution in [3.8, 4) is 5.75 Å². The minimum atomic E-state index is -0.0570. The predicted molar refractivity (Wildman–Crippen MR) is 102 cm³/mol. The maximum absolute atomic E-state index is 8.80. The summed E-state index contributed by atoms with van der Waals surface area (Å²) in [6.07, 6.45) is 0. The number of rotatable bonds is 3. The lowest BCUT2D eigenvalue weighted by atomic mass is 9.73. The van der Waals surface area contributed by atoms with Gasteiger partial charge in [-0.2, -0.15) is 0 Å². The van der Waals surface area contributed by atoms with Crippen LogP contribution in [0.4, 0.5) is 17.1 Å². The molecule has 3 nitrogen and oxygen atoms in total. The maximum Gasteiger partial charge on any atom is 0.569 e. The zero-order valence-electron chi connectivity index (χ0n) is 14.3. The molecule has 3 aromatic rings. The highest BCUT2D eigenvalue weighted by atomic mass is 16.5.